The van der Waals surface area contributed by atoms with Gasteiger partial charge < -0.3 is 4.43 Å². The molecule has 38 heavy (non-hydrogen) atoms. The van der Waals surface area contributed by atoms with Crippen LogP contribution in [0.1, 0.15) is 79.0 Å². The number of aryl methyl sites for hydroxylation is 1. The van der Waals surface area contributed by atoms with Gasteiger partial charge in [-0.2, -0.15) is 18.4 Å². The molecule has 0 fully saturated rings. The summed E-state index contributed by atoms with van der Waals surface area (Å²) in [4.78, 5) is -0.997. The quantitative estimate of drug-likeness (QED) is 0.283. The van der Waals surface area contributed by atoms with Gasteiger partial charge in [0, 0.05) is 17.9 Å². The van der Waals surface area contributed by atoms with Crippen molar-refractivity contribution in [2.24, 2.45) is 0 Å². The van der Waals surface area contributed by atoms with E-state index in [2.05, 4.69) is 0 Å². The highest BCUT2D eigenvalue weighted by Gasteiger charge is 2.52. The third-order valence-electron chi connectivity index (χ3n) is 8.20. The minimum atomic E-state index is -5.81. The van der Waals surface area contributed by atoms with Crippen LogP contribution in [-0.4, -0.2) is 28.4 Å². The number of hydrogen-bond acceptors (Lipinski definition) is 4. The molecule has 0 heterocycles. The molecule has 2 aromatic rings. The summed E-state index contributed by atoms with van der Waals surface area (Å²) in [6, 6.07) is 6.64. The number of fused-ring (bicyclic) bond motifs is 2. The zero-order valence-corrected chi connectivity index (χ0v) is 23.7. The summed E-state index contributed by atoms with van der Waals surface area (Å²) < 4.78 is 103. The van der Waals surface area contributed by atoms with Crippen molar-refractivity contribution in [2.75, 3.05) is 0 Å². The maximum Gasteiger partial charge on any atom is 0.501 e. The summed E-state index contributed by atoms with van der Waals surface area (Å²) in [6.07, 6.45) is -1.93. The Morgan fingerprint density at radius 1 is 1.11 bits per heavy atom. The molecule has 2 aromatic carbocycles. The van der Waals surface area contributed by atoms with Gasteiger partial charge in [0.1, 0.15) is 18.1 Å². The Morgan fingerprint density at radius 3 is 2.34 bits per heavy atom. The van der Waals surface area contributed by atoms with Crippen LogP contribution in [0.15, 0.2) is 29.2 Å². The van der Waals surface area contributed by atoms with Crippen LogP contribution < -0.4 is 0 Å². The van der Waals surface area contributed by atoms with Crippen molar-refractivity contribution in [3.8, 4) is 6.07 Å². The van der Waals surface area contributed by atoms with Gasteiger partial charge in [-0.15, -0.1) is 0 Å². The average Bonchev–Trinajstić information content (AvgIpc) is 3.11. The van der Waals surface area contributed by atoms with Crippen molar-refractivity contribution in [1.82, 2.24) is 0 Å². The molecule has 0 aliphatic heterocycles. The zero-order valence-electron chi connectivity index (χ0n) is 21.8. The normalized spacial score (nSPS) is 22.1. The van der Waals surface area contributed by atoms with Gasteiger partial charge in [0.2, 0.25) is 0 Å². The maximum absolute atomic E-state index is 15.7. The van der Waals surface area contributed by atoms with Crippen molar-refractivity contribution in [3.63, 3.8) is 0 Å². The van der Waals surface area contributed by atoms with Crippen LogP contribution in [0.5, 0.6) is 0 Å². The van der Waals surface area contributed by atoms with E-state index in [-0.39, 0.29) is 23.1 Å². The molecule has 0 aromatic heterocycles. The Labute approximate surface area is 220 Å². The minimum absolute atomic E-state index is 0.106. The summed E-state index contributed by atoms with van der Waals surface area (Å²) in [5.41, 5.74) is -3.98. The molecule has 0 unspecified atom stereocenters. The fourth-order valence-electron chi connectivity index (χ4n) is 5.33. The van der Waals surface area contributed by atoms with Gasteiger partial charge in [-0.3, -0.25) is 0 Å². The van der Waals surface area contributed by atoms with Gasteiger partial charge in [-0.1, -0.05) is 26.8 Å². The summed E-state index contributed by atoms with van der Waals surface area (Å²) in [6.45, 7) is 9.34. The first kappa shape index (κ1) is 28.7. The zero-order chi connectivity index (χ0) is 28.4. The van der Waals surface area contributed by atoms with Gasteiger partial charge in [0.15, 0.2) is 8.32 Å². The first-order chi connectivity index (χ1) is 17.4. The van der Waals surface area contributed by atoms with Crippen molar-refractivity contribution in [3.05, 3.63) is 63.5 Å². The Hall–Kier alpha value is -2.29. The second-order valence-corrected chi connectivity index (χ2v) is 18.3. The van der Waals surface area contributed by atoms with Crippen LogP contribution in [0.25, 0.3) is 0 Å². The summed E-state index contributed by atoms with van der Waals surface area (Å²) in [7, 11) is -8.55. The van der Waals surface area contributed by atoms with Crippen LogP contribution >= 0.6 is 0 Å². The molecule has 0 radical (unpaired) electrons. The van der Waals surface area contributed by atoms with Gasteiger partial charge >= 0.3 is 5.51 Å². The van der Waals surface area contributed by atoms with Crippen LogP contribution in [0.3, 0.4) is 0 Å². The van der Waals surface area contributed by atoms with Gasteiger partial charge in [-0.25, -0.2) is 17.2 Å². The molecule has 0 saturated heterocycles. The first-order valence-corrected chi connectivity index (χ1v) is 16.8. The molecule has 4 rings (SSSR count). The molecular formula is C27H30F5NO3SSi. The topological polar surface area (TPSA) is 67.2 Å². The van der Waals surface area contributed by atoms with Crippen LogP contribution in [0.4, 0.5) is 22.0 Å². The molecule has 11 heteroatoms. The van der Waals surface area contributed by atoms with Crippen LogP contribution in [0, 0.1) is 17.1 Å². The van der Waals surface area contributed by atoms with E-state index in [1.165, 1.54) is 12.1 Å². The number of benzene rings is 2. The molecule has 0 spiro atoms. The number of nitriles is 1. The third kappa shape index (κ3) is 4.69. The molecule has 2 aliphatic rings. The molecule has 0 N–H and O–H groups in total. The number of halogens is 5. The van der Waals surface area contributed by atoms with Crippen molar-refractivity contribution < 1.29 is 34.8 Å². The number of hydrogen-bond donors (Lipinski definition) is 0. The largest absolute Gasteiger partial charge is 0.501 e. The smallest absolute Gasteiger partial charge is 0.407 e. The second-order valence-electron chi connectivity index (χ2n) is 11.6. The van der Waals surface area contributed by atoms with E-state index in [1.807, 2.05) is 39.9 Å². The Balaban J connectivity index is 1.98. The summed E-state index contributed by atoms with van der Waals surface area (Å²) in [5, 5.41) is 9.30. The van der Waals surface area contributed by atoms with E-state index in [4.69, 9.17) is 4.43 Å². The van der Waals surface area contributed by atoms with E-state index >= 15 is 4.39 Å². The first-order valence-electron chi connectivity index (χ1n) is 12.4. The fourth-order valence-corrected chi connectivity index (χ4v) is 7.61. The lowest BCUT2D eigenvalue weighted by Gasteiger charge is -2.39. The highest BCUT2D eigenvalue weighted by molar-refractivity contribution is 7.92. The number of sulfone groups is 1. The molecule has 0 bridgehead atoms. The standard InChI is InChI=1S/C27H30F5NO3SSi/c1-26(2,3)38(4,5)36-25-21(29)13-20-18(9-10-22(24(20)25)37(34,35)27(30,31)32)19-8-6-7-15-11-17(28)12-16(14-33)23(15)19/h9-12,19,21,25H,6-8,13H2,1-5H3/t19-,21+,25+/m0/s1. The number of nitrogens with zero attached hydrogens (tertiary/aromatic N) is 1. The van der Waals surface area contributed by atoms with E-state index < -0.39 is 57.6 Å². The molecule has 2 aliphatic carbocycles. The Morgan fingerprint density at radius 2 is 1.76 bits per heavy atom. The highest BCUT2D eigenvalue weighted by atomic mass is 32.2. The number of alkyl halides is 4. The van der Waals surface area contributed by atoms with Crippen LogP contribution in [-0.2, 0) is 27.1 Å². The fraction of sp³-hybridized carbons (Fsp3) is 0.519. The monoisotopic (exact) mass is 571 g/mol. The predicted octanol–water partition coefficient (Wildman–Crippen LogP) is 7.42. The lowest BCUT2D eigenvalue weighted by Crippen LogP contribution is -2.43. The van der Waals surface area contributed by atoms with Crippen LogP contribution in [0.2, 0.25) is 18.1 Å². The van der Waals surface area contributed by atoms with E-state index in [1.54, 1.807) is 0 Å². The van der Waals surface area contributed by atoms with Crippen molar-refractivity contribution >= 4 is 18.2 Å². The van der Waals surface area contributed by atoms with E-state index in [0.29, 0.717) is 36.0 Å². The van der Waals surface area contributed by atoms with Crippen molar-refractivity contribution in [1.29, 1.82) is 5.26 Å². The Bertz CT molecular complexity index is 1420. The SMILES string of the molecule is CC(C)(C)[Si](C)(C)O[C@H]1c2c(S(=O)(=O)C(F)(F)F)ccc([C@@H]3CCCc4cc(F)cc(C#N)c43)c2C[C@H]1F. The van der Waals surface area contributed by atoms with E-state index in [0.717, 1.165) is 12.1 Å². The number of rotatable bonds is 4. The van der Waals surface area contributed by atoms with Gasteiger partial charge in [0.05, 0.1) is 16.5 Å². The van der Waals surface area contributed by atoms with E-state index in [9.17, 15) is 31.2 Å². The predicted molar refractivity (Wildman–Crippen MR) is 135 cm³/mol. The summed E-state index contributed by atoms with van der Waals surface area (Å²) >= 11 is 0. The molecule has 3 atom stereocenters. The second kappa shape index (κ2) is 9.42. The minimum Gasteiger partial charge on any atom is -0.407 e. The lowest BCUT2D eigenvalue weighted by atomic mass is 9.75. The molecule has 0 saturated carbocycles. The third-order valence-corrected chi connectivity index (χ3v) is 14.2. The Kier molecular flexibility index (Phi) is 7.12. The molecule has 206 valence electrons. The summed E-state index contributed by atoms with van der Waals surface area (Å²) in [5.74, 6) is -1.09. The van der Waals surface area contributed by atoms with Gasteiger partial charge in [0.25, 0.3) is 9.84 Å². The van der Waals surface area contributed by atoms with Crippen molar-refractivity contribution in [2.45, 2.75) is 93.2 Å². The highest BCUT2D eigenvalue weighted by Crippen LogP contribution is 2.51. The molecule has 0 amide bonds. The average molecular weight is 572 g/mol. The molecule has 4 nitrogen and oxygen atoms in total. The maximum atomic E-state index is 15.7. The van der Waals surface area contributed by atoms with Gasteiger partial charge in [-0.05, 0) is 77.8 Å². The molecular weight excluding hydrogens is 541 g/mol. The lowest BCUT2D eigenvalue weighted by molar-refractivity contribution is -0.0437.